The number of rotatable bonds is 3. The van der Waals surface area contributed by atoms with Crippen molar-refractivity contribution in [3.05, 3.63) is 72.4 Å². The molecule has 0 aliphatic carbocycles. The zero-order valence-electron chi connectivity index (χ0n) is 18.3. The Morgan fingerprint density at radius 1 is 0.833 bits per heavy atom. The van der Waals surface area contributed by atoms with E-state index in [4.69, 9.17) is 9.40 Å². The highest BCUT2D eigenvalue weighted by atomic mass is 28.3. The summed E-state index contributed by atoms with van der Waals surface area (Å²) in [5.74, 6) is 0.439. The Balaban J connectivity index is 1.81. The van der Waals surface area contributed by atoms with E-state index in [0.717, 1.165) is 33.2 Å². The lowest BCUT2D eigenvalue weighted by atomic mass is 9.92. The van der Waals surface area contributed by atoms with Crippen LogP contribution in [0, 0.1) is 0 Å². The predicted molar refractivity (Wildman–Crippen MR) is 132 cm³/mol. The van der Waals surface area contributed by atoms with Gasteiger partial charge in [-0.1, -0.05) is 75.1 Å². The van der Waals surface area contributed by atoms with Crippen molar-refractivity contribution >= 4 is 46.0 Å². The van der Waals surface area contributed by atoms with Gasteiger partial charge in [0.05, 0.1) is 19.2 Å². The van der Waals surface area contributed by atoms with Crippen LogP contribution >= 0.6 is 0 Å². The van der Waals surface area contributed by atoms with Crippen molar-refractivity contribution in [1.29, 1.82) is 0 Å². The van der Waals surface area contributed by atoms with Crippen molar-refractivity contribution in [2.45, 2.75) is 39.4 Å². The van der Waals surface area contributed by atoms with Gasteiger partial charge in [-0.25, -0.2) is 0 Å². The maximum atomic E-state index is 6.30. The number of pyridine rings is 1. The van der Waals surface area contributed by atoms with Crippen molar-refractivity contribution in [3.63, 3.8) is 0 Å². The van der Waals surface area contributed by atoms with Crippen LogP contribution in [0.2, 0.25) is 19.6 Å². The van der Waals surface area contributed by atoms with Gasteiger partial charge in [0.1, 0.15) is 11.2 Å². The molecule has 0 amide bonds. The van der Waals surface area contributed by atoms with E-state index in [1.807, 2.05) is 12.3 Å². The molecule has 2 nitrogen and oxygen atoms in total. The second-order valence-corrected chi connectivity index (χ2v) is 14.6. The molecule has 0 radical (unpaired) electrons. The maximum absolute atomic E-state index is 6.30. The second-order valence-electron chi connectivity index (χ2n) is 9.54. The van der Waals surface area contributed by atoms with E-state index in [1.54, 1.807) is 0 Å². The average Bonchev–Trinajstić information content (AvgIpc) is 3.10. The third-order valence-electron chi connectivity index (χ3n) is 6.04. The minimum atomic E-state index is -1.40. The van der Waals surface area contributed by atoms with Crippen LogP contribution in [0.25, 0.3) is 44.0 Å². The molecule has 0 N–H and O–H groups in total. The molecular weight excluding hydrogens is 382 g/mol. The van der Waals surface area contributed by atoms with Gasteiger partial charge in [0.25, 0.3) is 0 Å². The maximum Gasteiger partial charge on any atom is 0.139 e. The van der Waals surface area contributed by atoms with Crippen molar-refractivity contribution < 1.29 is 4.42 Å². The lowest BCUT2D eigenvalue weighted by molar-refractivity contribution is 0.669. The SMILES string of the molecule is CC(C)c1cc(-c2nccc3oc4cc([Si](C)(C)C)ccc4c23)cc2ccccc12. The lowest BCUT2D eigenvalue weighted by Crippen LogP contribution is -2.37. The van der Waals surface area contributed by atoms with E-state index in [1.165, 1.54) is 21.5 Å². The monoisotopic (exact) mass is 409 g/mol. The number of aromatic nitrogens is 1. The minimum Gasteiger partial charge on any atom is -0.456 e. The smallest absolute Gasteiger partial charge is 0.139 e. The number of fused-ring (bicyclic) bond motifs is 4. The van der Waals surface area contributed by atoms with Crippen LogP contribution in [0.1, 0.15) is 25.3 Å². The molecule has 3 heteroatoms. The van der Waals surface area contributed by atoms with E-state index in [0.29, 0.717) is 5.92 Å². The molecule has 0 unspecified atom stereocenters. The molecule has 0 bridgehead atoms. The third-order valence-corrected chi connectivity index (χ3v) is 8.08. The van der Waals surface area contributed by atoms with Crippen molar-refractivity contribution in [2.24, 2.45) is 0 Å². The first-order valence-corrected chi connectivity index (χ1v) is 14.2. The zero-order valence-corrected chi connectivity index (χ0v) is 19.3. The van der Waals surface area contributed by atoms with Crippen LogP contribution in [-0.2, 0) is 0 Å². The molecule has 2 aromatic heterocycles. The Hall–Kier alpha value is -2.91. The molecule has 3 aromatic carbocycles. The number of hydrogen-bond acceptors (Lipinski definition) is 2. The van der Waals surface area contributed by atoms with Crippen LogP contribution in [-0.4, -0.2) is 13.1 Å². The average molecular weight is 410 g/mol. The van der Waals surface area contributed by atoms with Crippen LogP contribution < -0.4 is 5.19 Å². The molecule has 0 spiro atoms. The fourth-order valence-corrected chi connectivity index (χ4v) is 5.51. The highest BCUT2D eigenvalue weighted by molar-refractivity contribution is 6.88. The van der Waals surface area contributed by atoms with Gasteiger partial charge >= 0.3 is 0 Å². The van der Waals surface area contributed by atoms with Crippen LogP contribution in [0.5, 0.6) is 0 Å². The van der Waals surface area contributed by atoms with Crippen LogP contribution in [0.15, 0.2) is 71.3 Å². The first-order valence-electron chi connectivity index (χ1n) is 10.7. The molecule has 5 rings (SSSR count). The van der Waals surface area contributed by atoms with Gasteiger partial charge in [-0.2, -0.15) is 0 Å². The quantitative estimate of drug-likeness (QED) is 0.289. The Bertz CT molecular complexity index is 1410. The van der Waals surface area contributed by atoms with Crippen LogP contribution in [0.4, 0.5) is 0 Å². The van der Waals surface area contributed by atoms with E-state index >= 15 is 0 Å². The molecular formula is C27H27NOSi. The summed E-state index contributed by atoms with van der Waals surface area (Å²) >= 11 is 0. The first-order chi connectivity index (χ1) is 14.3. The van der Waals surface area contributed by atoms with Crippen molar-refractivity contribution in [3.8, 4) is 11.3 Å². The topological polar surface area (TPSA) is 26.0 Å². The molecule has 150 valence electrons. The highest BCUT2D eigenvalue weighted by Gasteiger charge is 2.20. The normalized spacial score (nSPS) is 12.5. The predicted octanol–water partition coefficient (Wildman–Crippen LogP) is 7.47. The van der Waals surface area contributed by atoms with Crippen molar-refractivity contribution in [2.75, 3.05) is 0 Å². The molecule has 0 atom stereocenters. The van der Waals surface area contributed by atoms with Gasteiger partial charge in [0.15, 0.2) is 0 Å². The van der Waals surface area contributed by atoms with Gasteiger partial charge < -0.3 is 4.42 Å². The van der Waals surface area contributed by atoms with Gasteiger partial charge in [-0.05, 0) is 46.5 Å². The van der Waals surface area contributed by atoms with E-state index in [-0.39, 0.29) is 0 Å². The summed E-state index contributed by atoms with van der Waals surface area (Å²) in [5.41, 5.74) is 5.38. The highest BCUT2D eigenvalue weighted by Crippen LogP contribution is 2.38. The molecule has 5 aromatic rings. The van der Waals surface area contributed by atoms with Crippen molar-refractivity contribution in [1.82, 2.24) is 4.98 Å². The summed E-state index contributed by atoms with van der Waals surface area (Å²) in [6.45, 7) is 11.6. The number of furan rings is 1. The third kappa shape index (κ3) is 3.05. The molecule has 30 heavy (non-hydrogen) atoms. The molecule has 2 heterocycles. The summed E-state index contributed by atoms with van der Waals surface area (Å²) in [7, 11) is -1.40. The Morgan fingerprint density at radius 2 is 1.63 bits per heavy atom. The summed E-state index contributed by atoms with van der Waals surface area (Å²) in [6.07, 6.45) is 1.86. The van der Waals surface area contributed by atoms with Crippen LogP contribution in [0.3, 0.4) is 0 Å². The lowest BCUT2D eigenvalue weighted by Gasteiger charge is -2.16. The van der Waals surface area contributed by atoms with Gasteiger partial charge in [0, 0.05) is 17.1 Å². The fraction of sp³-hybridized carbons (Fsp3) is 0.222. The Kier molecular flexibility index (Phi) is 4.33. The standard InChI is InChI=1S/C27H27NOSi/c1-17(2)23-15-19(14-18-8-6-7-9-21(18)23)27-26-22-11-10-20(30(3,4)5)16-25(22)29-24(26)12-13-28-27/h6-17H,1-5H3. The number of benzene rings is 3. The molecule has 0 saturated carbocycles. The first kappa shape index (κ1) is 19.1. The summed E-state index contributed by atoms with van der Waals surface area (Å²) < 4.78 is 6.30. The molecule has 0 saturated heterocycles. The number of nitrogens with zero attached hydrogens (tertiary/aromatic N) is 1. The van der Waals surface area contributed by atoms with E-state index in [9.17, 15) is 0 Å². The summed E-state index contributed by atoms with van der Waals surface area (Å²) in [5, 5.41) is 6.25. The molecule has 0 aliphatic rings. The molecule has 0 aliphatic heterocycles. The second kappa shape index (κ2) is 6.81. The summed E-state index contributed by atoms with van der Waals surface area (Å²) in [6, 6.07) is 21.9. The Morgan fingerprint density at radius 3 is 2.40 bits per heavy atom. The van der Waals surface area contributed by atoms with Gasteiger partial charge in [0.2, 0.25) is 0 Å². The fourth-order valence-electron chi connectivity index (χ4n) is 4.36. The Labute approximate surface area is 178 Å². The summed E-state index contributed by atoms with van der Waals surface area (Å²) in [4.78, 5) is 4.83. The van der Waals surface area contributed by atoms with E-state index in [2.05, 4.69) is 88.1 Å². The largest absolute Gasteiger partial charge is 0.456 e. The van der Waals surface area contributed by atoms with Gasteiger partial charge in [-0.15, -0.1) is 0 Å². The molecule has 0 fully saturated rings. The van der Waals surface area contributed by atoms with E-state index < -0.39 is 8.07 Å². The minimum absolute atomic E-state index is 0.439. The zero-order chi connectivity index (χ0) is 21.0. The van der Waals surface area contributed by atoms with Gasteiger partial charge in [-0.3, -0.25) is 4.98 Å². The number of hydrogen-bond donors (Lipinski definition) is 0.